The quantitative estimate of drug-likeness (QED) is 0.502. The Morgan fingerprint density at radius 1 is 0.500 bits per heavy atom. The third-order valence-electron chi connectivity index (χ3n) is 7.71. The SMILES string of the molecule is CCCC1CCC(C2CCC3CC(CCC)CCC3C2)CC1. The van der Waals surface area contributed by atoms with E-state index in [1.165, 1.54) is 25.7 Å². The molecule has 3 aliphatic carbocycles. The summed E-state index contributed by atoms with van der Waals surface area (Å²) in [7, 11) is 0. The first kappa shape index (κ1) is 16.8. The molecular weight excluding hydrogens is 264 g/mol. The van der Waals surface area contributed by atoms with Crippen molar-refractivity contribution in [3.8, 4) is 0 Å². The molecule has 22 heavy (non-hydrogen) atoms. The number of fused-ring (bicyclic) bond motifs is 1. The number of hydrogen-bond donors (Lipinski definition) is 0. The van der Waals surface area contributed by atoms with Crippen molar-refractivity contribution in [3.63, 3.8) is 0 Å². The van der Waals surface area contributed by atoms with Gasteiger partial charge in [-0.25, -0.2) is 0 Å². The Labute approximate surface area is 139 Å². The summed E-state index contributed by atoms with van der Waals surface area (Å²) in [6, 6.07) is 0. The highest BCUT2D eigenvalue weighted by atomic mass is 14.4. The van der Waals surface area contributed by atoms with Crippen LogP contribution in [0.5, 0.6) is 0 Å². The normalized spacial score (nSPS) is 42.8. The molecule has 3 saturated carbocycles. The maximum atomic E-state index is 2.37. The topological polar surface area (TPSA) is 0 Å². The molecule has 0 nitrogen and oxygen atoms in total. The maximum Gasteiger partial charge on any atom is -0.0383 e. The lowest BCUT2D eigenvalue weighted by Crippen LogP contribution is -2.34. The van der Waals surface area contributed by atoms with Crippen LogP contribution < -0.4 is 0 Å². The summed E-state index contributed by atoms with van der Waals surface area (Å²) in [5, 5.41) is 0. The van der Waals surface area contributed by atoms with E-state index in [4.69, 9.17) is 0 Å². The molecule has 0 saturated heterocycles. The van der Waals surface area contributed by atoms with Gasteiger partial charge in [0.15, 0.2) is 0 Å². The first-order chi connectivity index (χ1) is 10.8. The lowest BCUT2D eigenvalue weighted by molar-refractivity contribution is 0.0579. The van der Waals surface area contributed by atoms with Gasteiger partial charge < -0.3 is 0 Å². The summed E-state index contributed by atoms with van der Waals surface area (Å²) in [4.78, 5) is 0. The van der Waals surface area contributed by atoms with Gasteiger partial charge in [-0.15, -0.1) is 0 Å². The molecule has 4 atom stereocenters. The van der Waals surface area contributed by atoms with Crippen LogP contribution in [0.3, 0.4) is 0 Å². The van der Waals surface area contributed by atoms with E-state index < -0.39 is 0 Å². The van der Waals surface area contributed by atoms with Crippen LogP contribution >= 0.6 is 0 Å². The molecule has 0 N–H and O–H groups in total. The van der Waals surface area contributed by atoms with Gasteiger partial charge in [0.1, 0.15) is 0 Å². The molecule has 0 heterocycles. The van der Waals surface area contributed by atoms with Crippen LogP contribution in [0, 0.1) is 35.5 Å². The minimum atomic E-state index is 1.09. The fourth-order valence-corrected chi connectivity index (χ4v) is 6.48. The van der Waals surface area contributed by atoms with Gasteiger partial charge in [0, 0.05) is 0 Å². The Morgan fingerprint density at radius 2 is 0.955 bits per heavy atom. The van der Waals surface area contributed by atoms with E-state index in [1.54, 1.807) is 64.2 Å². The predicted molar refractivity (Wildman–Crippen MR) is 96.9 cm³/mol. The Kier molecular flexibility index (Phi) is 6.28. The van der Waals surface area contributed by atoms with E-state index in [0.29, 0.717) is 0 Å². The molecule has 3 rings (SSSR count). The van der Waals surface area contributed by atoms with E-state index in [-0.39, 0.29) is 0 Å². The van der Waals surface area contributed by atoms with Crippen molar-refractivity contribution in [2.24, 2.45) is 35.5 Å². The zero-order valence-electron chi connectivity index (χ0n) is 15.4. The van der Waals surface area contributed by atoms with Gasteiger partial charge in [0.2, 0.25) is 0 Å². The van der Waals surface area contributed by atoms with Crippen LogP contribution in [0.1, 0.15) is 104 Å². The molecule has 3 aliphatic rings. The summed E-state index contributed by atoms with van der Waals surface area (Å²) in [6.07, 6.45) is 21.6. The largest absolute Gasteiger partial charge is 0.0654 e. The highest BCUT2D eigenvalue weighted by Gasteiger charge is 2.38. The van der Waals surface area contributed by atoms with E-state index in [2.05, 4.69) is 13.8 Å². The Bertz CT molecular complexity index is 309. The second-order valence-electron chi connectivity index (χ2n) is 9.13. The molecule has 128 valence electrons. The van der Waals surface area contributed by atoms with Crippen molar-refractivity contribution in [1.82, 2.24) is 0 Å². The fourth-order valence-electron chi connectivity index (χ4n) is 6.48. The molecule has 0 radical (unpaired) electrons. The summed E-state index contributed by atoms with van der Waals surface area (Å²) < 4.78 is 0. The Morgan fingerprint density at radius 3 is 1.64 bits per heavy atom. The molecular formula is C22H40. The van der Waals surface area contributed by atoms with Crippen molar-refractivity contribution < 1.29 is 0 Å². The minimum absolute atomic E-state index is 1.09. The van der Waals surface area contributed by atoms with E-state index in [9.17, 15) is 0 Å². The van der Waals surface area contributed by atoms with E-state index in [1.807, 2.05) is 0 Å². The molecule has 0 spiro atoms. The lowest BCUT2D eigenvalue weighted by atomic mass is 9.60. The summed E-state index contributed by atoms with van der Waals surface area (Å²) >= 11 is 0. The molecule has 0 aromatic heterocycles. The average Bonchev–Trinajstić information content (AvgIpc) is 2.56. The second-order valence-corrected chi connectivity index (χ2v) is 9.13. The highest BCUT2D eigenvalue weighted by Crippen LogP contribution is 2.49. The monoisotopic (exact) mass is 304 g/mol. The van der Waals surface area contributed by atoms with Crippen molar-refractivity contribution >= 4 is 0 Å². The van der Waals surface area contributed by atoms with Gasteiger partial charge in [-0.3, -0.25) is 0 Å². The minimum Gasteiger partial charge on any atom is -0.0654 e. The smallest absolute Gasteiger partial charge is 0.0383 e. The lowest BCUT2D eigenvalue weighted by Gasteiger charge is -2.45. The van der Waals surface area contributed by atoms with Crippen molar-refractivity contribution in [3.05, 3.63) is 0 Å². The molecule has 0 heteroatoms. The number of rotatable bonds is 5. The van der Waals surface area contributed by atoms with Crippen LogP contribution in [0.4, 0.5) is 0 Å². The third kappa shape index (κ3) is 4.09. The zero-order chi connectivity index (χ0) is 15.4. The molecule has 4 unspecified atom stereocenters. The van der Waals surface area contributed by atoms with Crippen LogP contribution in [-0.4, -0.2) is 0 Å². The van der Waals surface area contributed by atoms with Crippen LogP contribution in [0.25, 0.3) is 0 Å². The zero-order valence-corrected chi connectivity index (χ0v) is 15.4. The van der Waals surface area contributed by atoms with Crippen molar-refractivity contribution in [1.29, 1.82) is 0 Å². The van der Waals surface area contributed by atoms with Gasteiger partial charge in [0.25, 0.3) is 0 Å². The van der Waals surface area contributed by atoms with Gasteiger partial charge >= 0.3 is 0 Å². The van der Waals surface area contributed by atoms with Crippen molar-refractivity contribution in [2.45, 2.75) is 104 Å². The first-order valence-corrected chi connectivity index (χ1v) is 10.8. The standard InChI is InChI=1S/C22H40/c1-3-5-17-7-10-19(11-8-17)21-14-13-20-15-18(6-4-2)9-12-22(20)16-21/h17-22H,3-16H2,1-2H3. The molecule has 0 aromatic rings. The van der Waals surface area contributed by atoms with Gasteiger partial charge in [-0.2, -0.15) is 0 Å². The van der Waals surface area contributed by atoms with Crippen LogP contribution in [0.15, 0.2) is 0 Å². The summed E-state index contributed by atoms with van der Waals surface area (Å²) in [6.45, 7) is 4.74. The van der Waals surface area contributed by atoms with Gasteiger partial charge in [-0.1, -0.05) is 58.8 Å². The van der Waals surface area contributed by atoms with E-state index in [0.717, 1.165) is 35.5 Å². The first-order valence-electron chi connectivity index (χ1n) is 10.8. The fraction of sp³-hybridized carbons (Fsp3) is 1.00. The molecule has 3 fully saturated rings. The Hall–Kier alpha value is 0. The summed E-state index contributed by atoms with van der Waals surface area (Å²) in [5.41, 5.74) is 0. The predicted octanol–water partition coefficient (Wildman–Crippen LogP) is 7.23. The Balaban J connectivity index is 1.45. The second kappa shape index (κ2) is 8.20. The maximum absolute atomic E-state index is 2.37. The molecule has 0 amide bonds. The molecule has 0 aromatic carbocycles. The van der Waals surface area contributed by atoms with Crippen molar-refractivity contribution in [2.75, 3.05) is 0 Å². The van der Waals surface area contributed by atoms with Crippen LogP contribution in [0.2, 0.25) is 0 Å². The molecule has 0 aliphatic heterocycles. The third-order valence-corrected chi connectivity index (χ3v) is 7.71. The average molecular weight is 305 g/mol. The number of hydrogen-bond acceptors (Lipinski definition) is 0. The van der Waals surface area contributed by atoms with Gasteiger partial charge in [0.05, 0.1) is 0 Å². The van der Waals surface area contributed by atoms with Gasteiger partial charge in [-0.05, 0) is 80.5 Å². The summed E-state index contributed by atoms with van der Waals surface area (Å²) in [5.74, 6) is 6.65. The highest BCUT2D eigenvalue weighted by molar-refractivity contribution is 4.89. The molecule has 0 bridgehead atoms. The van der Waals surface area contributed by atoms with Crippen LogP contribution in [-0.2, 0) is 0 Å². The van der Waals surface area contributed by atoms with E-state index >= 15 is 0 Å².